The van der Waals surface area contributed by atoms with E-state index in [0.29, 0.717) is 28.5 Å². The van der Waals surface area contributed by atoms with Crippen molar-refractivity contribution in [3.05, 3.63) is 150 Å². The van der Waals surface area contributed by atoms with Crippen LogP contribution in [0.3, 0.4) is 0 Å². The quantitative estimate of drug-likeness (QED) is 0.0519. The highest BCUT2D eigenvalue weighted by molar-refractivity contribution is 8.76. The summed E-state index contributed by atoms with van der Waals surface area (Å²) in [5.74, 6) is -8.91. The number of aliphatic hydroxyl groups is 1. The van der Waals surface area contributed by atoms with Gasteiger partial charge in [0, 0.05) is 43.4 Å². The van der Waals surface area contributed by atoms with Gasteiger partial charge in [-0.2, -0.15) is 0 Å². The van der Waals surface area contributed by atoms with Crippen molar-refractivity contribution in [2.75, 3.05) is 32.1 Å². The number of phenols is 1. The molecule has 5 aromatic carbocycles. The number of rotatable bonds is 15. The van der Waals surface area contributed by atoms with E-state index in [1.54, 1.807) is 84.9 Å². The van der Waals surface area contributed by atoms with Gasteiger partial charge in [0.25, 0.3) is 11.8 Å². The van der Waals surface area contributed by atoms with Crippen molar-refractivity contribution < 1.29 is 58.5 Å². The second-order valence-electron chi connectivity index (χ2n) is 19.7. The second-order valence-corrected chi connectivity index (χ2v) is 22.3. The lowest BCUT2D eigenvalue weighted by Gasteiger charge is -2.32. The summed E-state index contributed by atoms with van der Waals surface area (Å²) in [6.45, 7) is 1.40. The fourth-order valence-corrected chi connectivity index (χ4v) is 11.3. The zero-order valence-electron chi connectivity index (χ0n) is 45.5. The molecule has 1 aliphatic rings. The number of aromatic hydroxyl groups is 1. The zero-order chi connectivity index (χ0) is 59.3. The molecule has 0 bridgehead atoms. The minimum Gasteiger partial charge on any atom is -0.508 e. The fourth-order valence-electron chi connectivity index (χ4n) is 8.86. The van der Waals surface area contributed by atoms with Gasteiger partial charge in [-0.25, -0.2) is 4.79 Å². The lowest BCUT2D eigenvalue weighted by Crippen LogP contribution is -2.64. The van der Waals surface area contributed by atoms with Crippen LogP contribution < -0.4 is 48.3 Å². The molecule has 82 heavy (non-hydrogen) atoms. The summed E-state index contributed by atoms with van der Waals surface area (Å²) >= 11 is 0. The third-order valence-electron chi connectivity index (χ3n) is 13.5. The number of carbonyl (C=O) groups excluding carboxylic acids is 8. The van der Waals surface area contributed by atoms with Gasteiger partial charge in [-0.05, 0) is 91.5 Å². The standard InChI is InChI=1S/C58H70N10O12S2/c1-34(69)48-55(76)64-44(29-36-16-8-5-9-17-36)52(73)65-47(58(79)80)33-82-81-32-46(60-2)54(75)63-43(28-35-14-6-4-7-15-35)51(72)62-45(30-37-21-25-41(70)26-22-37)53(74)67-49(56(77)61-42(50(71)66-48)20-12-13-27-59)68(3)57(78)40-24-23-38-18-10-11-19-39(38)31-40/h4-11,14-19,21-26,31,34,42-49,60,69-70H,12-13,20,27-30,32-33,59H2,1-3H3,(H,61,77)(H,62,72)(H,63,75)(H,64,76)(H,65,73)(H,66,71)(H,67,74)(H,79,80)/t34?,42-,43-,44-,45-,46+,47-,48-,49+/m0/s1. The summed E-state index contributed by atoms with van der Waals surface area (Å²) in [6.07, 6.45) is -3.51. The molecule has 1 unspecified atom stereocenters. The monoisotopic (exact) mass is 1160 g/mol. The van der Waals surface area contributed by atoms with E-state index in [1.807, 2.05) is 12.1 Å². The molecule has 0 radical (unpaired) electrons. The summed E-state index contributed by atoms with van der Waals surface area (Å²) in [7, 11) is 4.91. The highest BCUT2D eigenvalue weighted by Crippen LogP contribution is 2.24. The Hall–Kier alpha value is -8.03. The molecule has 6 rings (SSSR count). The van der Waals surface area contributed by atoms with E-state index in [1.165, 1.54) is 51.4 Å². The van der Waals surface area contributed by atoms with Gasteiger partial charge in [-0.15, -0.1) is 0 Å². The van der Waals surface area contributed by atoms with Crippen LogP contribution in [0.5, 0.6) is 5.75 Å². The maximum absolute atomic E-state index is 15.0. The Morgan fingerprint density at radius 2 is 1.10 bits per heavy atom. The molecular weight excluding hydrogens is 1090 g/mol. The number of nitrogens with zero attached hydrogens (tertiary/aromatic N) is 1. The van der Waals surface area contributed by atoms with Crippen molar-refractivity contribution in [3.8, 4) is 5.75 Å². The molecule has 1 fully saturated rings. The Labute approximate surface area is 482 Å². The predicted octanol–water partition coefficient (Wildman–Crippen LogP) is 1.27. The van der Waals surface area contributed by atoms with Gasteiger partial charge in [0.05, 0.1) is 12.1 Å². The molecule has 8 amide bonds. The Morgan fingerprint density at radius 1 is 0.598 bits per heavy atom. The number of amides is 8. The van der Waals surface area contributed by atoms with Crippen molar-refractivity contribution in [3.63, 3.8) is 0 Å². The summed E-state index contributed by atoms with van der Waals surface area (Å²) in [4.78, 5) is 130. The molecule has 1 aliphatic heterocycles. The van der Waals surface area contributed by atoms with E-state index >= 15 is 9.59 Å². The molecule has 24 heteroatoms. The summed E-state index contributed by atoms with van der Waals surface area (Å²) in [6, 6.07) is 25.0. The van der Waals surface area contributed by atoms with Gasteiger partial charge in [0.15, 0.2) is 6.17 Å². The van der Waals surface area contributed by atoms with Crippen LogP contribution in [0.4, 0.5) is 0 Å². The van der Waals surface area contributed by atoms with E-state index in [-0.39, 0.29) is 61.5 Å². The molecular formula is C58H70N10O12S2. The van der Waals surface area contributed by atoms with Crippen molar-refractivity contribution in [2.45, 2.75) is 100 Å². The number of nitrogens with one attached hydrogen (secondary N) is 8. The number of aliphatic carboxylic acids is 1. The number of fused-ring (bicyclic) bond motifs is 1. The highest BCUT2D eigenvalue weighted by atomic mass is 33.1. The fraction of sp³-hybridized carbons (Fsp3) is 0.362. The average Bonchev–Trinajstić information content (AvgIpc) is 3.49. The number of carboxylic acids is 1. The molecule has 1 heterocycles. The van der Waals surface area contributed by atoms with Crippen LogP contribution in [0.1, 0.15) is 53.2 Å². The van der Waals surface area contributed by atoms with Crippen molar-refractivity contribution in [1.29, 1.82) is 0 Å². The van der Waals surface area contributed by atoms with Crippen LogP contribution >= 0.6 is 21.6 Å². The lowest BCUT2D eigenvalue weighted by molar-refractivity contribution is -0.141. The van der Waals surface area contributed by atoms with E-state index < -0.39 is 108 Å². The smallest absolute Gasteiger partial charge is 0.327 e. The lowest BCUT2D eigenvalue weighted by atomic mass is 10.0. The topological polar surface area (TPSA) is 340 Å². The molecule has 0 saturated carbocycles. The van der Waals surface area contributed by atoms with Crippen LogP contribution in [-0.2, 0) is 57.6 Å². The molecule has 0 spiro atoms. The van der Waals surface area contributed by atoms with E-state index in [4.69, 9.17) is 5.73 Å². The number of carbonyl (C=O) groups is 9. The van der Waals surface area contributed by atoms with Crippen molar-refractivity contribution in [2.24, 2.45) is 5.73 Å². The SMILES string of the molecule is CN[C@@H]1CSSC[C@@H](C(=O)O)NC(=O)[C@H](Cc2ccccc2)NC(=O)[C@H](C(C)O)NC(=O)[C@H](CCCCN)NC(=O)[C@@H](N(C)C(=O)c2ccc3ccccc3c2)NC(=O)[C@H](Cc2ccc(O)cc2)NC(=O)[C@H](Cc2ccccc2)NC1=O. The number of likely N-dealkylation sites (N-methyl/N-ethyl adjacent to an activating group) is 2. The minimum atomic E-state index is -1.93. The molecule has 0 aliphatic carbocycles. The Bertz CT molecular complexity index is 3020. The number of unbranched alkanes of at least 4 members (excludes halogenated alkanes) is 1. The van der Waals surface area contributed by atoms with Crippen LogP contribution in [0.25, 0.3) is 10.8 Å². The van der Waals surface area contributed by atoms with Crippen LogP contribution in [0.2, 0.25) is 0 Å². The third-order valence-corrected chi connectivity index (χ3v) is 16.0. The van der Waals surface area contributed by atoms with Crippen molar-refractivity contribution >= 4 is 85.6 Å². The maximum atomic E-state index is 15.0. The first kappa shape index (κ1) is 63.2. The van der Waals surface area contributed by atoms with Crippen LogP contribution in [0.15, 0.2) is 127 Å². The van der Waals surface area contributed by atoms with Gasteiger partial charge in [-0.3, -0.25) is 38.4 Å². The molecule has 436 valence electrons. The summed E-state index contributed by atoms with van der Waals surface area (Å²) in [5, 5.41) is 54.3. The maximum Gasteiger partial charge on any atom is 0.327 e. The number of carboxylic acid groups (broad SMARTS) is 1. The number of hydrogen-bond donors (Lipinski definition) is 12. The first-order valence-corrected chi connectivity index (χ1v) is 29.1. The second kappa shape index (κ2) is 31.3. The number of aliphatic hydroxyl groups excluding tert-OH is 1. The summed E-state index contributed by atoms with van der Waals surface area (Å²) < 4.78 is 0. The number of hydrogen-bond acceptors (Lipinski definition) is 15. The summed E-state index contributed by atoms with van der Waals surface area (Å²) in [5.41, 5.74) is 7.60. The molecule has 0 aromatic heterocycles. The largest absolute Gasteiger partial charge is 0.508 e. The van der Waals surface area contributed by atoms with E-state index in [9.17, 15) is 48.9 Å². The van der Waals surface area contributed by atoms with Gasteiger partial charge < -0.3 is 68.5 Å². The van der Waals surface area contributed by atoms with Gasteiger partial charge in [0.1, 0.15) is 42.0 Å². The molecule has 9 atom stereocenters. The Morgan fingerprint density at radius 3 is 1.67 bits per heavy atom. The highest BCUT2D eigenvalue weighted by Gasteiger charge is 2.38. The number of nitrogens with two attached hydrogens (primary N) is 1. The minimum absolute atomic E-state index is 0.0285. The molecule has 1 saturated heterocycles. The van der Waals surface area contributed by atoms with Crippen LogP contribution in [-0.4, -0.2) is 160 Å². The number of phenolic OH excluding ortho intramolecular Hbond substituents is 1. The number of benzene rings is 5. The normalized spacial score (nSPS) is 22.7. The Kier molecular flexibility index (Phi) is 24.1. The zero-order valence-corrected chi connectivity index (χ0v) is 47.2. The first-order valence-electron chi connectivity index (χ1n) is 26.6. The van der Waals surface area contributed by atoms with E-state index in [2.05, 4.69) is 42.5 Å². The van der Waals surface area contributed by atoms with Gasteiger partial charge >= 0.3 is 5.97 Å². The molecule has 13 N–H and O–H groups in total. The van der Waals surface area contributed by atoms with Gasteiger partial charge in [-0.1, -0.05) is 125 Å². The molecule has 5 aromatic rings. The third kappa shape index (κ3) is 18.5. The molecule has 22 nitrogen and oxygen atoms in total. The van der Waals surface area contributed by atoms with Gasteiger partial charge in [0.2, 0.25) is 35.4 Å². The van der Waals surface area contributed by atoms with Crippen molar-refractivity contribution in [1.82, 2.24) is 47.4 Å². The van der Waals surface area contributed by atoms with Crippen LogP contribution in [0, 0.1) is 0 Å². The average molecular weight is 1160 g/mol. The first-order chi connectivity index (χ1) is 39.3. The predicted molar refractivity (Wildman–Crippen MR) is 312 cm³/mol. The van der Waals surface area contributed by atoms with E-state index in [0.717, 1.165) is 31.9 Å². The Balaban J connectivity index is 1.44.